The van der Waals surface area contributed by atoms with Crippen molar-refractivity contribution in [1.82, 2.24) is 5.32 Å². The molecule has 31 heavy (non-hydrogen) atoms. The summed E-state index contributed by atoms with van der Waals surface area (Å²) in [6, 6.07) is 26.4. The van der Waals surface area contributed by atoms with Gasteiger partial charge in [0.1, 0.15) is 0 Å². The molecule has 0 fully saturated rings. The quantitative estimate of drug-likeness (QED) is 0.522. The topological polar surface area (TPSA) is 75.6 Å². The number of aliphatic hydroxyl groups is 1. The van der Waals surface area contributed by atoms with Gasteiger partial charge in [-0.2, -0.15) is 0 Å². The van der Waals surface area contributed by atoms with Gasteiger partial charge in [0.2, 0.25) is 5.91 Å². The molecule has 0 aliphatic carbocycles. The zero-order chi connectivity index (χ0) is 22.1. The molecular formula is C26H27NO4. The summed E-state index contributed by atoms with van der Waals surface area (Å²) in [7, 11) is 0. The fraction of sp³-hybridized carbons (Fsp3) is 0.231. The van der Waals surface area contributed by atoms with Gasteiger partial charge in [-0.1, -0.05) is 84.9 Å². The first-order valence-corrected chi connectivity index (χ1v) is 10.4. The molecule has 0 saturated carbocycles. The standard InChI is InChI=1S/C26H27NO4/c1-2-31-26(30)25(29)23(17-19-10-5-3-6-11-19)27-24(28)18-20-12-9-15-22(16-20)21-13-7-4-8-14-21/h3-16,23,25,29H,2,17-18H2,1H3,(H,27,28)/t23-,25-/m0/s1. The van der Waals surface area contributed by atoms with Gasteiger partial charge >= 0.3 is 5.97 Å². The van der Waals surface area contributed by atoms with Crippen molar-refractivity contribution in [1.29, 1.82) is 0 Å². The number of rotatable bonds is 9. The minimum atomic E-state index is -1.44. The Morgan fingerprint density at radius 2 is 1.48 bits per heavy atom. The predicted molar refractivity (Wildman–Crippen MR) is 120 cm³/mol. The molecule has 0 heterocycles. The molecule has 160 valence electrons. The van der Waals surface area contributed by atoms with Gasteiger partial charge in [0.25, 0.3) is 0 Å². The van der Waals surface area contributed by atoms with Gasteiger partial charge in [-0.05, 0) is 35.6 Å². The maximum absolute atomic E-state index is 12.8. The third kappa shape index (κ3) is 6.52. The fourth-order valence-electron chi connectivity index (χ4n) is 3.44. The van der Waals surface area contributed by atoms with Crippen LogP contribution in [0.2, 0.25) is 0 Å². The second-order valence-electron chi connectivity index (χ2n) is 7.30. The molecule has 3 aromatic rings. The molecule has 2 atom stereocenters. The van der Waals surface area contributed by atoms with E-state index in [-0.39, 0.29) is 18.9 Å². The van der Waals surface area contributed by atoms with Gasteiger partial charge in [-0.3, -0.25) is 4.79 Å². The van der Waals surface area contributed by atoms with Crippen molar-refractivity contribution in [3.8, 4) is 11.1 Å². The van der Waals surface area contributed by atoms with E-state index in [1.807, 2.05) is 84.9 Å². The van der Waals surface area contributed by atoms with E-state index in [4.69, 9.17) is 4.74 Å². The average molecular weight is 418 g/mol. The molecule has 0 aromatic heterocycles. The highest BCUT2D eigenvalue weighted by atomic mass is 16.5. The SMILES string of the molecule is CCOC(=O)[C@@H](O)[C@H](Cc1ccccc1)NC(=O)Cc1cccc(-c2ccccc2)c1. The molecule has 0 radical (unpaired) electrons. The lowest BCUT2D eigenvalue weighted by molar-refractivity contribution is -0.154. The van der Waals surface area contributed by atoms with Crippen molar-refractivity contribution in [2.24, 2.45) is 0 Å². The summed E-state index contributed by atoms with van der Waals surface area (Å²) in [6.07, 6.45) is -0.988. The first-order chi connectivity index (χ1) is 15.1. The number of benzene rings is 3. The highest BCUT2D eigenvalue weighted by Gasteiger charge is 2.29. The third-order valence-electron chi connectivity index (χ3n) is 4.95. The van der Waals surface area contributed by atoms with Crippen molar-refractivity contribution >= 4 is 11.9 Å². The lowest BCUT2D eigenvalue weighted by Crippen LogP contribution is -2.49. The zero-order valence-electron chi connectivity index (χ0n) is 17.5. The van der Waals surface area contributed by atoms with Crippen LogP contribution in [0.25, 0.3) is 11.1 Å². The molecule has 3 aromatic carbocycles. The van der Waals surface area contributed by atoms with Crippen LogP contribution in [0.1, 0.15) is 18.1 Å². The number of ether oxygens (including phenoxy) is 1. The largest absolute Gasteiger partial charge is 0.464 e. The minimum Gasteiger partial charge on any atom is -0.464 e. The van der Waals surface area contributed by atoms with Crippen LogP contribution in [0, 0.1) is 0 Å². The monoisotopic (exact) mass is 417 g/mol. The summed E-state index contributed by atoms with van der Waals surface area (Å²) in [4.78, 5) is 24.9. The number of esters is 1. The van der Waals surface area contributed by atoms with Gasteiger partial charge < -0.3 is 15.2 Å². The van der Waals surface area contributed by atoms with E-state index >= 15 is 0 Å². The summed E-state index contributed by atoms with van der Waals surface area (Å²) in [5, 5.41) is 13.3. The van der Waals surface area contributed by atoms with Crippen molar-refractivity contribution in [2.75, 3.05) is 6.61 Å². The summed E-state index contributed by atoms with van der Waals surface area (Å²) < 4.78 is 4.95. The van der Waals surface area contributed by atoms with Gasteiger partial charge in [0, 0.05) is 0 Å². The molecule has 0 saturated heterocycles. The highest BCUT2D eigenvalue weighted by molar-refractivity contribution is 5.81. The Labute approximate surface area is 182 Å². The van der Waals surface area contributed by atoms with Crippen LogP contribution in [-0.2, 0) is 27.2 Å². The molecule has 0 bridgehead atoms. The minimum absolute atomic E-state index is 0.140. The van der Waals surface area contributed by atoms with Crippen LogP contribution in [-0.4, -0.2) is 35.7 Å². The highest BCUT2D eigenvalue weighted by Crippen LogP contribution is 2.20. The number of aliphatic hydroxyl groups excluding tert-OH is 1. The molecule has 0 unspecified atom stereocenters. The normalized spacial score (nSPS) is 12.6. The van der Waals surface area contributed by atoms with E-state index in [2.05, 4.69) is 5.32 Å². The summed E-state index contributed by atoms with van der Waals surface area (Å²) in [5.41, 5.74) is 3.85. The third-order valence-corrected chi connectivity index (χ3v) is 4.95. The van der Waals surface area contributed by atoms with E-state index in [0.717, 1.165) is 22.3 Å². The molecule has 0 aliphatic heterocycles. The average Bonchev–Trinajstić information content (AvgIpc) is 2.80. The lowest BCUT2D eigenvalue weighted by atomic mass is 9.99. The van der Waals surface area contributed by atoms with Crippen LogP contribution in [0.4, 0.5) is 0 Å². The van der Waals surface area contributed by atoms with E-state index in [1.54, 1.807) is 6.92 Å². The lowest BCUT2D eigenvalue weighted by Gasteiger charge is -2.23. The second kappa shape index (κ2) is 11.1. The van der Waals surface area contributed by atoms with Gasteiger partial charge in [0.05, 0.1) is 19.1 Å². The molecule has 1 amide bonds. The Morgan fingerprint density at radius 3 is 2.16 bits per heavy atom. The van der Waals surface area contributed by atoms with E-state index in [9.17, 15) is 14.7 Å². The fourth-order valence-corrected chi connectivity index (χ4v) is 3.44. The zero-order valence-corrected chi connectivity index (χ0v) is 17.5. The van der Waals surface area contributed by atoms with Gasteiger partial charge in [-0.25, -0.2) is 4.79 Å². The molecule has 5 heteroatoms. The van der Waals surface area contributed by atoms with Crippen molar-refractivity contribution in [3.63, 3.8) is 0 Å². The molecule has 5 nitrogen and oxygen atoms in total. The van der Waals surface area contributed by atoms with Crippen LogP contribution >= 0.6 is 0 Å². The number of carbonyl (C=O) groups excluding carboxylic acids is 2. The second-order valence-corrected chi connectivity index (χ2v) is 7.30. The number of carbonyl (C=O) groups is 2. The maximum Gasteiger partial charge on any atom is 0.337 e. The maximum atomic E-state index is 12.8. The molecule has 0 aliphatic rings. The summed E-state index contributed by atoms with van der Waals surface area (Å²) in [6.45, 7) is 1.84. The van der Waals surface area contributed by atoms with Crippen LogP contribution in [0.15, 0.2) is 84.9 Å². The Bertz CT molecular complexity index is 989. The van der Waals surface area contributed by atoms with Crippen LogP contribution < -0.4 is 5.32 Å². The first-order valence-electron chi connectivity index (χ1n) is 10.4. The van der Waals surface area contributed by atoms with Crippen LogP contribution in [0.5, 0.6) is 0 Å². The summed E-state index contributed by atoms with van der Waals surface area (Å²) in [5.74, 6) is -1.01. The molecule has 0 spiro atoms. The Kier molecular flexibility index (Phi) is 7.96. The predicted octanol–water partition coefficient (Wildman–Crippen LogP) is 3.55. The van der Waals surface area contributed by atoms with Crippen molar-refractivity contribution in [2.45, 2.75) is 31.9 Å². The smallest absolute Gasteiger partial charge is 0.337 e. The number of nitrogens with one attached hydrogen (secondary N) is 1. The first kappa shape index (κ1) is 22.2. The number of hydrogen-bond donors (Lipinski definition) is 2. The number of amides is 1. The Hall–Kier alpha value is -3.44. The van der Waals surface area contributed by atoms with Gasteiger partial charge in [-0.15, -0.1) is 0 Å². The molecule has 3 rings (SSSR count). The molecular weight excluding hydrogens is 390 g/mol. The van der Waals surface area contributed by atoms with Crippen LogP contribution in [0.3, 0.4) is 0 Å². The Morgan fingerprint density at radius 1 is 0.871 bits per heavy atom. The van der Waals surface area contributed by atoms with E-state index < -0.39 is 18.1 Å². The van der Waals surface area contributed by atoms with E-state index in [0.29, 0.717) is 6.42 Å². The molecule has 2 N–H and O–H groups in total. The summed E-state index contributed by atoms with van der Waals surface area (Å²) >= 11 is 0. The van der Waals surface area contributed by atoms with Gasteiger partial charge in [0.15, 0.2) is 6.10 Å². The van der Waals surface area contributed by atoms with E-state index in [1.165, 1.54) is 0 Å². The van der Waals surface area contributed by atoms with Crippen molar-refractivity contribution in [3.05, 3.63) is 96.1 Å². The number of hydrogen-bond acceptors (Lipinski definition) is 4. The Balaban J connectivity index is 1.72. The van der Waals surface area contributed by atoms with Crippen molar-refractivity contribution < 1.29 is 19.4 Å².